The molecule has 2 rings (SSSR count). The summed E-state index contributed by atoms with van der Waals surface area (Å²) in [5, 5.41) is 15.7. The molecule has 0 aromatic carbocycles. The molecule has 0 aliphatic carbocycles. The van der Waals surface area contributed by atoms with Gasteiger partial charge in [-0.15, -0.1) is 0 Å². The molecule has 1 aromatic heterocycles. The average molecular weight is 299 g/mol. The fourth-order valence-corrected chi connectivity index (χ4v) is 1.71. The molecular formula is C10H13F4N3O3. The lowest BCUT2D eigenvalue weighted by molar-refractivity contribution is -0.168. The Hall–Kier alpha value is -1.26. The zero-order chi connectivity index (χ0) is 14.8. The molecule has 0 bridgehead atoms. The molecule has 1 aliphatic heterocycles. The van der Waals surface area contributed by atoms with Gasteiger partial charge in [0.1, 0.15) is 13.2 Å². The van der Waals surface area contributed by atoms with Crippen molar-refractivity contribution in [3.63, 3.8) is 0 Å². The van der Waals surface area contributed by atoms with Gasteiger partial charge in [0.2, 0.25) is 5.89 Å². The minimum atomic E-state index is -4.20. The van der Waals surface area contributed by atoms with Gasteiger partial charge < -0.3 is 19.7 Å². The average Bonchev–Trinajstić information content (AvgIpc) is 2.97. The van der Waals surface area contributed by atoms with Crippen LogP contribution in [0.3, 0.4) is 0 Å². The number of nitrogens with one attached hydrogen (secondary N) is 1. The molecule has 2 atom stereocenters. The van der Waals surface area contributed by atoms with E-state index in [-0.39, 0.29) is 17.8 Å². The van der Waals surface area contributed by atoms with Gasteiger partial charge in [0.05, 0.1) is 12.1 Å². The molecule has 6 nitrogen and oxygen atoms in total. The topological polar surface area (TPSA) is 80.4 Å². The number of alkyl halides is 4. The van der Waals surface area contributed by atoms with E-state index < -0.39 is 31.7 Å². The number of nitrogens with zero attached hydrogens (tertiary/aromatic N) is 2. The summed E-state index contributed by atoms with van der Waals surface area (Å²) in [6.45, 7) is -1.49. The predicted octanol–water partition coefficient (Wildman–Crippen LogP) is 0.882. The van der Waals surface area contributed by atoms with Crippen molar-refractivity contribution in [2.75, 3.05) is 13.2 Å². The van der Waals surface area contributed by atoms with Gasteiger partial charge in [0.25, 0.3) is 0 Å². The highest BCUT2D eigenvalue weighted by Gasteiger charge is 2.41. The van der Waals surface area contributed by atoms with Crippen LogP contribution >= 0.6 is 0 Å². The molecule has 1 aromatic rings. The fourth-order valence-electron chi connectivity index (χ4n) is 1.71. The summed E-state index contributed by atoms with van der Waals surface area (Å²) in [6, 6.07) is -0.311. The molecule has 0 spiro atoms. The number of hydrogen-bond donors (Lipinski definition) is 2. The molecule has 1 fully saturated rings. The summed E-state index contributed by atoms with van der Waals surface area (Å²) in [5.74, 6) is -4.03. The third-order valence-electron chi connectivity index (χ3n) is 2.73. The van der Waals surface area contributed by atoms with Gasteiger partial charge in [-0.2, -0.15) is 13.8 Å². The highest BCUT2D eigenvalue weighted by Crippen LogP contribution is 2.24. The van der Waals surface area contributed by atoms with Crippen LogP contribution in [-0.4, -0.2) is 46.9 Å². The first-order valence-corrected chi connectivity index (χ1v) is 5.86. The zero-order valence-corrected chi connectivity index (χ0v) is 10.2. The third kappa shape index (κ3) is 3.64. The molecule has 1 aliphatic rings. The van der Waals surface area contributed by atoms with Crippen molar-refractivity contribution in [1.29, 1.82) is 0 Å². The predicted molar refractivity (Wildman–Crippen MR) is 56.3 cm³/mol. The van der Waals surface area contributed by atoms with Gasteiger partial charge in [0.15, 0.2) is 5.82 Å². The first-order chi connectivity index (χ1) is 9.38. The van der Waals surface area contributed by atoms with Gasteiger partial charge in [-0.3, -0.25) is 0 Å². The van der Waals surface area contributed by atoms with Gasteiger partial charge >= 0.3 is 12.3 Å². The second kappa shape index (κ2) is 6.02. The Labute approximate surface area is 111 Å². The van der Waals surface area contributed by atoms with Crippen LogP contribution in [0.25, 0.3) is 0 Å². The van der Waals surface area contributed by atoms with Crippen LogP contribution in [0, 0.1) is 0 Å². The van der Waals surface area contributed by atoms with Crippen LogP contribution in [0.1, 0.15) is 24.2 Å². The summed E-state index contributed by atoms with van der Waals surface area (Å²) >= 11 is 0. The van der Waals surface area contributed by atoms with E-state index in [1.807, 2.05) is 0 Å². The quantitative estimate of drug-likeness (QED) is 0.759. The van der Waals surface area contributed by atoms with Crippen LogP contribution in [-0.2, 0) is 11.3 Å². The Kier molecular flexibility index (Phi) is 4.55. The molecule has 2 heterocycles. The Balaban J connectivity index is 1.81. The lowest BCUT2D eigenvalue weighted by Gasteiger charge is -2.14. The number of rotatable bonds is 6. The molecule has 114 valence electrons. The second-order valence-corrected chi connectivity index (χ2v) is 4.45. The zero-order valence-electron chi connectivity index (χ0n) is 10.2. The number of aliphatic hydroxyl groups excluding tert-OH is 1. The van der Waals surface area contributed by atoms with E-state index in [0.29, 0.717) is 13.0 Å². The molecule has 2 N–H and O–H groups in total. The standard InChI is InChI=1S/C10H13F4N3O3/c11-9(12)10(13,14)4-19-3-7-16-8(20-17-7)6-1-5(18)2-15-6/h5-6,9,15,18H,1-4H2/t5?,6-/m0/s1. The number of β-amino-alcohol motifs (C(OH)–C–C–N with tert-alkyl or cyclic N) is 1. The van der Waals surface area contributed by atoms with E-state index in [4.69, 9.17) is 4.52 Å². The summed E-state index contributed by atoms with van der Waals surface area (Å²) < 4.78 is 58.2. The second-order valence-electron chi connectivity index (χ2n) is 4.45. The number of aromatic nitrogens is 2. The molecule has 0 saturated carbocycles. The normalized spacial score (nSPS) is 23.7. The molecule has 0 radical (unpaired) electrons. The number of aliphatic hydroxyl groups is 1. The van der Waals surface area contributed by atoms with Crippen molar-refractivity contribution in [1.82, 2.24) is 15.5 Å². The Morgan fingerprint density at radius 1 is 1.50 bits per heavy atom. The first-order valence-electron chi connectivity index (χ1n) is 5.86. The smallest absolute Gasteiger partial charge is 0.330 e. The number of ether oxygens (including phenoxy) is 1. The third-order valence-corrected chi connectivity index (χ3v) is 2.73. The van der Waals surface area contributed by atoms with E-state index >= 15 is 0 Å². The Bertz CT molecular complexity index is 443. The van der Waals surface area contributed by atoms with E-state index in [0.717, 1.165) is 0 Å². The van der Waals surface area contributed by atoms with E-state index in [9.17, 15) is 22.7 Å². The van der Waals surface area contributed by atoms with Crippen LogP contribution in [0.2, 0.25) is 0 Å². The largest absolute Gasteiger partial charge is 0.392 e. The number of hydrogen-bond acceptors (Lipinski definition) is 6. The van der Waals surface area contributed by atoms with Crippen molar-refractivity contribution in [3.8, 4) is 0 Å². The van der Waals surface area contributed by atoms with Gasteiger partial charge in [-0.25, -0.2) is 8.78 Å². The maximum atomic E-state index is 12.6. The van der Waals surface area contributed by atoms with Crippen LogP contribution in [0.5, 0.6) is 0 Å². The Morgan fingerprint density at radius 3 is 2.85 bits per heavy atom. The fraction of sp³-hybridized carbons (Fsp3) is 0.800. The van der Waals surface area contributed by atoms with Crippen molar-refractivity contribution in [2.45, 2.75) is 37.5 Å². The molecule has 0 amide bonds. The lowest BCUT2D eigenvalue weighted by atomic mass is 10.2. The van der Waals surface area contributed by atoms with Crippen LogP contribution in [0.15, 0.2) is 4.52 Å². The summed E-state index contributed by atoms with van der Waals surface area (Å²) in [6.07, 6.45) is -3.91. The summed E-state index contributed by atoms with van der Waals surface area (Å²) in [5.41, 5.74) is 0. The molecule has 20 heavy (non-hydrogen) atoms. The van der Waals surface area contributed by atoms with Crippen molar-refractivity contribution in [2.24, 2.45) is 0 Å². The SMILES string of the molecule is OC1CN[C@H](c2nc(COCC(F)(F)C(F)F)no2)C1. The van der Waals surface area contributed by atoms with E-state index in [1.165, 1.54) is 0 Å². The van der Waals surface area contributed by atoms with Crippen molar-refractivity contribution < 1.29 is 31.9 Å². The molecular weight excluding hydrogens is 286 g/mol. The van der Waals surface area contributed by atoms with Gasteiger partial charge in [-0.05, 0) is 6.42 Å². The first kappa shape index (κ1) is 15.1. The van der Waals surface area contributed by atoms with E-state index in [1.54, 1.807) is 0 Å². The van der Waals surface area contributed by atoms with Gasteiger partial charge in [-0.1, -0.05) is 5.16 Å². The molecule has 1 saturated heterocycles. The van der Waals surface area contributed by atoms with Crippen LogP contribution in [0.4, 0.5) is 17.6 Å². The minimum Gasteiger partial charge on any atom is -0.392 e. The van der Waals surface area contributed by atoms with Crippen LogP contribution < -0.4 is 5.32 Å². The highest BCUT2D eigenvalue weighted by atomic mass is 19.3. The van der Waals surface area contributed by atoms with Crippen molar-refractivity contribution in [3.05, 3.63) is 11.7 Å². The number of halogens is 4. The monoisotopic (exact) mass is 299 g/mol. The lowest BCUT2D eigenvalue weighted by Crippen LogP contribution is -2.32. The Morgan fingerprint density at radius 2 is 2.25 bits per heavy atom. The summed E-state index contributed by atoms with van der Waals surface area (Å²) in [7, 11) is 0. The highest BCUT2D eigenvalue weighted by molar-refractivity contribution is 4.96. The maximum Gasteiger partial charge on any atom is 0.330 e. The molecule has 1 unspecified atom stereocenters. The minimum absolute atomic E-state index is 0.0201. The van der Waals surface area contributed by atoms with E-state index in [2.05, 4.69) is 20.2 Å². The van der Waals surface area contributed by atoms with Crippen molar-refractivity contribution >= 4 is 0 Å². The van der Waals surface area contributed by atoms with Gasteiger partial charge in [0, 0.05) is 6.54 Å². The molecule has 10 heteroatoms. The summed E-state index contributed by atoms with van der Waals surface area (Å²) in [4.78, 5) is 3.88. The maximum absolute atomic E-state index is 12.6.